The molecule has 0 heterocycles. The molecule has 0 unspecified atom stereocenters. The minimum Gasteiger partial charge on any atom is -0.386 e. The van der Waals surface area contributed by atoms with Gasteiger partial charge in [-0.05, 0) is 145 Å². The third-order valence-corrected chi connectivity index (χ3v) is 16.5. The molecule has 2 rings (SSSR count). The maximum absolute atomic E-state index is 12.4. The van der Waals surface area contributed by atoms with Gasteiger partial charge in [-0.3, -0.25) is 76.7 Å². The van der Waals surface area contributed by atoms with E-state index in [1.807, 2.05) is 13.8 Å². The smallest absolute Gasteiger partial charge is 0.243 e. The van der Waals surface area contributed by atoms with Gasteiger partial charge in [0, 0.05) is 50.9 Å². The minimum absolute atomic E-state index is 0.0220. The third kappa shape index (κ3) is 47.5. The van der Waals surface area contributed by atoms with Crippen molar-refractivity contribution in [1.29, 1.82) is 0 Å². The second-order valence-corrected chi connectivity index (χ2v) is 26.9. The normalized spacial score (nSPS) is 15.0. The summed E-state index contributed by atoms with van der Waals surface area (Å²) in [4.78, 5) is 191. The molecule has 2 aliphatic carbocycles. The number of primary amides is 4. The van der Waals surface area contributed by atoms with Crippen LogP contribution in [0.1, 0.15) is 185 Å². The lowest BCUT2D eigenvalue weighted by Crippen LogP contribution is -2.55. The van der Waals surface area contributed by atoms with Crippen LogP contribution >= 0.6 is 0 Å². The highest BCUT2D eigenvalue weighted by Crippen LogP contribution is 2.29. The van der Waals surface area contributed by atoms with Crippen molar-refractivity contribution >= 4 is 94.5 Å². The van der Waals surface area contributed by atoms with Gasteiger partial charge in [-0.2, -0.15) is 0 Å². The number of unbranched alkanes of at least 4 members (excludes halogenated alkanes) is 1. The molecule has 0 aromatic heterocycles. The molecule has 624 valence electrons. The highest BCUT2D eigenvalue weighted by Gasteiger charge is 2.34. The lowest BCUT2D eigenvalue weighted by Gasteiger charge is -2.27. The molecular weight excluding hydrogens is 1430 g/mol. The third-order valence-electron chi connectivity index (χ3n) is 16.5. The minimum atomic E-state index is -0.892. The van der Waals surface area contributed by atoms with Crippen LogP contribution in [0.25, 0.3) is 0 Å². The zero-order chi connectivity index (χ0) is 84.5. The number of rotatable bonds is 51. The molecule has 0 bridgehead atoms. The van der Waals surface area contributed by atoms with Gasteiger partial charge >= 0.3 is 0 Å². The molecule has 2 aliphatic rings. The number of hydrogen-bond acceptors (Lipinski definition) is 24. The predicted octanol–water partition coefficient (Wildman–Crippen LogP) is -5.74. The van der Waals surface area contributed by atoms with Gasteiger partial charge in [-0.1, -0.05) is 53.0 Å². The van der Waals surface area contributed by atoms with Crippen molar-refractivity contribution in [2.45, 2.75) is 257 Å². The second-order valence-electron chi connectivity index (χ2n) is 26.9. The highest BCUT2D eigenvalue weighted by atomic mass is 16.2. The Labute approximate surface area is 644 Å². The van der Waals surface area contributed by atoms with Crippen molar-refractivity contribution in [2.75, 3.05) is 26.2 Å². The fraction of sp³-hybridized carbons (Fsp3) is 0.657. The first-order valence-corrected chi connectivity index (χ1v) is 36.9. The molecule has 0 aliphatic heterocycles. The summed E-state index contributed by atoms with van der Waals surface area (Å²) in [7, 11) is 0. The summed E-state index contributed by atoms with van der Waals surface area (Å²) in [6.07, 6.45) is 10.5. The Morgan fingerprint density at radius 3 is 0.727 bits per heavy atom. The molecule has 2 saturated carbocycles. The summed E-state index contributed by atoms with van der Waals surface area (Å²) in [6.45, 7) is 31.7. The summed E-state index contributed by atoms with van der Waals surface area (Å²) in [6, 6.07) is -10.2. The molecule has 0 saturated heterocycles. The van der Waals surface area contributed by atoms with Crippen LogP contribution < -0.4 is 131 Å². The SMILES string of the molecule is C=C(N)NCCC[C@H](NC(=O)[C@H](C)NC(=O)C1CC1)C(=O)N[C@@H](C)C(N)=O.C=C(N)NCCC[C@H](NC(=O)[C@H](C)NC(=O)C1CCC1)C(=O)N[C@@H](C)C(N)=O.C=C(N)NCCC[C@H](NC(=O)[C@H](C)NC(=O)CCC)C(=O)N[C@@H](C)C(N)=O.C=C(N)NCCC[C@H](NC(=O)[C@H](C)NC(=O)CCCC)C(=O)N[C@@H](C)C(N)=O. The Bertz CT molecular complexity index is 3110. The second kappa shape index (κ2) is 55.3. The number of carbonyl (C=O) groups is 16. The van der Waals surface area contributed by atoms with Crippen LogP contribution in [0.2, 0.25) is 0 Å². The molecule has 16 amide bonds. The van der Waals surface area contributed by atoms with Gasteiger partial charge in [0.1, 0.15) is 72.5 Å². The van der Waals surface area contributed by atoms with E-state index in [-0.39, 0.29) is 35.5 Å². The van der Waals surface area contributed by atoms with E-state index in [9.17, 15) is 76.7 Å². The molecular formula is C70H128N24O16. The molecule has 32 N–H and O–H groups in total. The van der Waals surface area contributed by atoms with Gasteiger partial charge in [-0.15, -0.1) is 0 Å². The van der Waals surface area contributed by atoms with Gasteiger partial charge in [0.25, 0.3) is 0 Å². The summed E-state index contributed by atoms with van der Waals surface area (Å²) >= 11 is 0. The molecule has 0 radical (unpaired) electrons. The monoisotopic (exact) mass is 1560 g/mol. The van der Waals surface area contributed by atoms with Crippen LogP contribution in [-0.4, -0.2) is 193 Å². The molecule has 40 nitrogen and oxygen atoms in total. The average molecular weight is 1560 g/mol. The Hall–Kier alpha value is -11.1. The van der Waals surface area contributed by atoms with Gasteiger partial charge in [-0.25, -0.2) is 0 Å². The number of amides is 16. The van der Waals surface area contributed by atoms with E-state index in [4.69, 9.17) is 45.9 Å². The van der Waals surface area contributed by atoms with Crippen LogP contribution in [0.15, 0.2) is 49.6 Å². The number of nitrogens with two attached hydrogens (primary N) is 8. The Morgan fingerprint density at radius 1 is 0.291 bits per heavy atom. The molecule has 0 aromatic carbocycles. The predicted molar refractivity (Wildman–Crippen MR) is 412 cm³/mol. The van der Waals surface area contributed by atoms with E-state index >= 15 is 0 Å². The molecule has 0 aromatic rings. The van der Waals surface area contributed by atoms with E-state index in [1.54, 1.807) is 20.8 Å². The summed E-state index contributed by atoms with van der Waals surface area (Å²) in [5.41, 5.74) is 42.3. The van der Waals surface area contributed by atoms with Crippen molar-refractivity contribution in [3.05, 3.63) is 49.6 Å². The van der Waals surface area contributed by atoms with Gasteiger partial charge in [0.15, 0.2) is 0 Å². The van der Waals surface area contributed by atoms with E-state index in [2.05, 4.69) is 111 Å². The zero-order valence-corrected chi connectivity index (χ0v) is 65.6. The van der Waals surface area contributed by atoms with Crippen molar-refractivity contribution in [3.8, 4) is 0 Å². The maximum Gasteiger partial charge on any atom is 0.243 e. The van der Waals surface area contributed by atoms with Crippen molar-refractivity contribution in [3.63, 3.8) is 0 Å². The first kappa shape index (κ1) is 101. The number of carbonyl (C=O) groups excluding carboxylic acids is 16. The fourth-order valence-corrected chi connectivity index (χ4v) is 9.16. The van der Waals surface area contributed by atoms with Crippen LogP contribution in [0, 0.1) is 11.8 Å². The van der Waals surface area contributed by atoms with Crippen LogP contribution in [0.4, 0.5) is 0 Å². The standard InChI is InChI=1S/C18H32N6O4.C18H34N6O4.C17H30N6O4.C17H32N6O4/c1-10(15(20)25)22-18(28)14(8-5-9-21-12(3)19)24-16(26)11(2)23-17(27)13-6-4-7-13;1-5-6-9-15(25)22-12(3)17(27)24-14(8-7-10-21-13(4)19)18(28)23-11(2)16(20)26;1-9(14(19)24)21-17(27)13(5-4-8-20-11(3)18)23-15(25)10(2)22-16(26)12-6-7-12;1-5-7-14(24)21-11(3)16(26)23-13(8-6-9-20-12(4)18)17(27)22-10(2)15(19)25/h10-11,13-14,21H,3-9,19H2,1-2H3,(H2,20,25)(H,22,28)(H,23,27)(H,24,26);11-12,14,21H,4-10,19H2,1-3H3,(H2,20,26)(H,22,25)(H,23,28)(H,24,27);9-10,12-13,20H,3-8,18H2,1-2H3,(H2,19,24)(H,21,27)(H,22,26)(H,23,25);10-11,13,20H,4-9,18H2,1-3H3,(H2,19,25)(H,21,24)(H,22,27)(H,23,26)/t10-,11-,14-;11-,12-,14-;9-,10-,13-;10-,11-,13-/m0000/s1. The topological polar surface area (TPSA) is 674 Å². The number of nitrogens with one attached hydrogen (secondary N) is 16. The molecule has 40 heteroatoms. The summed E-state index contributed by atoms with van der Waals surface area (Å²) < 4.78 is 0. The van der Waals surface area contributed by atoms with Gasteiger partial charge in [0.2, 0.25) is 94.5 Å². The zero-order valence-electron chi connectivity index (χ0n) is 65.6. The average Bonchev–Trinajstić information content (AvgIpc) is 1.66. The first-order chi connectivity index (χ1) is 51.4. The maximum atomic E-state index is 12.4. The lowest BCUT2D eigenvalue weighted by atomic mass is 9.84. The van der Waals surface area contributed by atoms with E-state index in [0.29, 0.717) is 120 Å². The largest absolute Gasteiger partial charge is 0.386 e. The fourth-order valence-electron chi connectivity index (χ4n) is 9.16. The Morgan fingerprint density at radius 2 is 0.527 bits per heavy atom. The first-order valence-electron chi connectivity index (χ1n) is 36.9. The molecule has 2 fully saturated rings. The molecule has 110 heavy (non-hydrogen) atoms. The van der Waals surface area contributed by atoms with E-state index in [1.165, 1.54) is 34.6 Å². The lowest BCUT2D eigenvalue weighted by molar-refractivity contribution is -0.134. The molecule has 0 spiro atoms. The van der Waals surface area contributed by atoms with Crippen LogP contribution in [0.3, 0.4) is 0 Å². The van der Waals surface area contributed by atoms with Gasteiger partial charge < -0.3 is 131 Å². The Kier molecular flexibility index (Phi) is 50.7. The highest BCUT2D eigenvalue weighted by molar-refractivity contribution is 5.97. The van der Waals surface area contributed by atoms with Crippen LogP contribution in [-0.2, 0) is 76.7 Å². The van der Waals surface area contributed by atoms with Crippen molar-refractivity contribution in [2.24, 2.45) is 57.7 Å². The Balaban J connectivity index is 0. The quantitative estimate of drug-likeness (QED) is 0.0252. The number of hydrogen-bond donors (Lipinski definition) is 24. The van der Waals surface area contributed by atoms with Gasteiger partial charge in [0.05, 0.1) is 23.3 Å². The summed E-state index contributed by atoms with van der Waals surface area (Å²) in [5.74, 6) is -6.42. The van der Waals surface area contributed by atoms with Crippen LogP contribution in [0.5, 0.6) is 0 Å². The van der Waals surface area contributed by atoms with E-state index in [0.717, 1.165) is 44.9 Å². The van der Waals surface area contributed by atoms with Crippen molar-refractivity contribution in [1.82, 2.24) is 85.1 Å². The van der Waals surface area contributed by atoms with Crippen molar-refractivity contribution < 1.29 is 76.7 Å². The molecule has 12 atom stereocenters. The van der Waals surface area contributed by atoms with E-state index < -0.39 is 143 Å². The summed E-state index contributed by atoms with van der Waals surface area (Å²) in [5, 5.41) is 42.1.